The van der Waals surface area contributed by atoms with Crippen LogP contribution in [0, 0.1) is 0 Å². The van der Waals surface area contributed by atoms with Crippen molar-refractivity contribution in [3.8, 4) is 0 Å². The van der Waals surface area contributed by atoms with E-state index < -0.39 is 0 Å². The quantitative estimate of drug-likeness (QED) is 0.506. The van der Waals surface area contributed by atoms with Gasteiger partial charge in [-0.1, -0.05) is 0 Å². The molecular weight excluding hydrogens is 195 g/mol. The lowest BCUT2D eigenvalue weighted by Crippen LogP contribution is -2.00. The van der Waals surface area contributed by atoms with Gasteiger partial charge >= 0.3 is 22.5 Å². The molecule has 0 saturated heterocycles. The SMILES string of the molecule is COC(=O)c1ccc2c(c1)nc[n]2[Al]. The fourth-order valence-electron chi connectivity index (χ4n) is 1.28. The van der Waals surface area contributed by atoms with E-state index in [4.69, 9.17) is 0 Å². The highest BCUT2D eigenvalue weighted by Gasteiger charge is 2.07. The Bertz CT molecular complexity index is 493. The monoisotopic (exact) mass is 202 g/mol. The normalized spacial score (nSPS) is 10.4. The number of aromatic nitrogens is 2. The summed E-state index contributed by atoms with van der Waals surface area (Å²) in [6.07, 6.45) is 1.68. The van der Waals surface area contributed by atoms with Crippen LogP contribution < -0.4 is 0 Å². The molecule has 2 radical (unpaired) electrons. The number of fused-ring (bicyclic) bond motifs is 1. The van der Waals surface area contributed by atoms with Crippen LogP contribution in [0.3, 0.4) is 0 Å². The van der Waals surface area contributed by atoms with Crippen molar-refractivity contribution in [3.05, 3.63) is 30.1 Å². The van der Waals surface area contributed by atoms with Gasteiger partial charge in [0.1, 0.15) is 0 Å². The molecule has 2 aromatic rings. The van der Waals surface area contributed by atoms with Crippen molar-refractivity contribution >= 4 is 33.5 Å². The Kier molecular flexibility index (Phi) is 2.28. The summed E-state index contributed by atoms with van der Waals surface area (Å²) < 4.78 is 6.43. The number of methoxy groups -OCH3 is 1. The first-order chi connectivity index (χ1) is 6.72. The highest BCUT2D eigenvalue weighted by molar-refractivity contribution is 6.11. The van der Waals surface area contributed by atoms with Gasteiger partial charge in [-0.25, -0.2) is 9.78 Å². The molecule has 0 aliphatic heterocycles. The third kappa shape index (κ3) is 1.41. The van der Waals surface area contributed by atoms with Gasteiger partial charge in [-0.2, -0.15) is 0 Å². The zero-order valence-electron chi connectivity index (χ0n) is 7.60. The molecule has 4 nitrogen and oxygen atoms in total. The van der Waals surface area contributed by atoms with E-state index in [9.17, 15) is 4.79 Å². The molecule has 0 bridgehead atoms. The van der Waals surface area contributed by atoms with E-state index in [0.717, 1.165) is 11.0 Å². The van der Waals surface area contributed by atoms with Gasteiger partial charge in [-0.05, 0) is 18.2 Å². The average Bonchev–Trinajstić information content (AvgIpc) is 2.59. The zero-order chi connectivity index (χ0) is 10.1. The van der Waals surface area contributed by atoms with Gasteiger partial charge in [0, 0.05) is 5.52 Å². The molecule has 2 rings (SSSR count). The standard InChI is InChI=1S/C9H8N2O2.Al/c1-13-9(12)6-2-3-7-8(4-6)11-5-10-7;/h2-5H,1H3,(H,10,11,12);/q;+1/p-1. The fraction of sp³-hybridized carbons (Fsp3) is 0.111. The molecule has 1 aromatic heterocycles. The molecule has 0 atom stereocenters. The van der Waals surface area contributed by atoms with Crippen molar-refractivity contribution in [3.63, 3.8) is 0 Å². The number of nitrogens with zero attached hydrogens (tertiary/aromatic N) is 2. The minimum atomic E-state index is -0.342. The molecule has 14 heavy (non-hydrogen) atoms. The summed E-state index contributed by atoms with van der Waals surface area (Å²) in [6.45, 7) is 0. The van der Waals surface area contributed by atoms with Crippen LogP contribution in [-0.2, 0) is 4.74 Å². The van der Waals surface area contributed by atoms with E-state index in [-0.39, 0.29) is 5.97 Å². The first-order valence-electron chi connectivity index (χ1n) is 4.03. The average molecular weight is 202 g/mol. The number of rotatable bonds is 1. The van der Waals surface area contributed by atoms with E-state index in [1.54, 1.807) is 18.5 Å². The topological polar surface area (TPSA) is 44.1 Å². The molecule has 0 amide bonds. The molecule has 1 heterocycles. The molecular formula is C9H7AlN2O2. The smallest absolute Gasteiger partial charge is 0.337 e. The lowest BCUT2D eigenvalue weighted by atomic mass is 10.2. The predicted molar refractivity (Wildman–Crippen MR) is 52.2 cm³/mol. The summed E-state index contributed by atoms with van der Waals surface area (Å²) >= 11 is 2.52. The summed E-state index contributed by atoms with van der Waals surface area (Å²) in [5, 5.41) is 0. The number of imidazole rings is 1. The van der Waals surface area contributed by atoms with Crippen LogP contribution in [-0.4, -0.2) is 38.1 Å². The number of carbonyl (C=O) groups excluding carboxylic acids is 1. The number of benzene rings is 1. The van der Waals surface area contributed by atoms with E-state index in [1.807, 2.05) is 9.62 Å². The molecule has 0 aliphatic rings. The van der Waals surface area contributed by atoms with Crippen molar-refractivity contribution in [2.75, 3.05) is 7.11 Å². The summed E-state index contributed by atoms with van der Waals surface area (Å²) in [7, 11) is 1.36. The molecule has 0 saturated carbocycles. The molecule has 0 N–H and O–H groups in total. The highest BCUT2D eigenvalue weighted by atomic mass is 27.1. The molecule has 1 aromatic carbocycles. The first kappa shape index (κ1) is 9.26. The summed E-state index contributed by atoms with van der Waals surface area (Å²) in [4.78, 5) is 15.3. The molecule has 68 valence electrons. The number of esters is 1. The minimum Gasteiger partial charge on any atom is -0.465 e. The van der Waals surface area contributed by atoms with Gasteiger partial charge in [-0.3, -0.25) is 0 Å². The zero-order valence-corrected chi connectivity index (χ0v) is 8.75. The summed E-state index contributed by atoms with van der Waals surface area (Å²) in [5.74, 6) is -0.342. The number of ether oxygens (including phenoxy) is 1. The van der Waals surface area contributed by atoms with Crippen LogP contribution in [0.25, 0.3) is 11.0 Å². The van der Waals surface area contributed by atoms with E-state index in [1.165, 1.54) is 7.11 Å². The van der Waals surface area contributed by atoms with Crippen LogP contribution >= 0.6 is 0 Å². The Morgan fingerprint density at radius 1 is 1.57 bits per heavy atom. The Balaban J connectivity index is 2.57. The Morgan fingerprint density at radius 2 is 2.36 bits per heavy atom. The third-order valence-corrected chi connectivity index (χ3v) is 2.41. The third-order valence-electron chi connectivity index (χ3n) is 2.00. The van der Waals surface area contributed by atoms with Crippen LogP contribution in [0.15, 0.2) is 24.5 Å². The largest absolute Gasteiger partial charge is 0.465 e. The number of carbonyl (C=O) groups is 1. The lowest BCUT2D eigenvalue weighted by molar-refractivity contribution is 0.0601. The molecule has 0 spiro atoms. The van der Waals surface area contributed by atoms with E-state index >= 15 is 0 Å². The number of hydrogen-bond acceptors (Lipinski definition) is 3. The number of hydrogen-bond donors (Lipinski definition) is 0. The first-order valence-corrected chi connectivity index (χ1v) is 4.54. The Morgan fingerprint density at radius 3 is 3.07 bits per heavy atom. The van der Waals surface area contributed by atoms with Gasteiger partial charge < -0.3 is 8.29 Å². The van der Waals surface area contributed by atoms with Crippen molar-refractivity contribution in [1.82, 2.24) is 8.53 Å². The second-order valence-corrected chi connectivity index (χ2v) is 3.40. The van der Waals surface area contributed by atoms with Crippen LogP contribution in [0.2, 0.25) is 0 Å². The van der Waals surface area contributed by atoms with Crippen molar-refractivity contribution in [2.24, 2.45) is 0 Å². The summed E-state index contributed by atoms with van der Waals surface area (Å²) in [5.41, 5.74) is 2.26. The molecule has 0 unspecified atom stereocenters. The Hall–Kier alpha value is -1.31. The van der Waals surface area contributed by atoms with Crippen molar-refractivity contribution in [2.45, 2.75) is 0 Å². The predicted octanol–water partition coefficient (Wildman–Crippen LogP) is 0.754. The van der Waals surface area contributed by atoms with Crippen molar-refractivity contribution in [1.29, 1.82) is 0 Å². The van der Waals surface area contributed by atoms with Gasteiger partial charge in [0.05, 0.1) is 24.5 Å². The second kappa shape index (κ2) is 3.45. The van der Waals surface area contributed by atoms with Crippen LogP contribution in [0.4, 0.5) is 0 Å². The molecule has 0 fully saturated rings. The van der Waals surface area contributed by atoms with Gasteiger partial charge in [0.2, 0.25) is 0 Å². The highest BCUT2D eigenvalue weighted by Crippen LogP contribution is 2.13. The lowest BCUT2D eigenvalue weighted by Gasteiger charge is -1.99. The van der Waals surface area contributed by atoms with Crippen LogP contribution in [0.5, 0.6) is 0 Å². The Labute approximate surface area is 89.1 Å². The van der Waals surface area contributed by atoms with E-state index in [2.05, 4.69) is 26.2 Å². The molecule has 5 heteroatoms. The van der Waals surface area contributed by atoms with Crippen molar-refractivity contribution < 1.29 is 9.53 Å². The van der Waals surface area contributed by atoms with Gasteiger partial charge in [0.15, 0.2) is 0 Å². The second-order valence-electron chi connectivity index (χ2n) is 2.85. The van der Waals surface area contributed by atoms with Gasteiger partial charge in [-0.15, -0.1) is 0 Å². The maximum absolute atomic E-state index is 11.2. The maximum atomic E-state index is 11.2. The summed E-state index contributed by atoms with van der Waals surface area (Å²) in [6, 6.07) is 5.26. The molecule has 0 aliphatic carbocycles. The maximum Gasteiger partial charge on any atom is 0.337 e. The van der Waals surface area contributed by atoms with Gasteiger partial charge in [0.25, 0.3) is 0 Å². The van der Waals surface area contributed by atoms with Crippen LogP contribution in [0.1, 0.15) is 10.4 Å². The van der Waals surface area contributed by atoms with E-state index in [0.29, 0.717) is 5.56 Å². The fourth-order valence-corrected chi connectivity index (χ4v) is 1.56. The minimum absolute atomic E-state index is 0.342.